The number of hydrogen-bond acceptors (Lipinski definition) is 3. The number of carboxylic acids is 1. The molecule has 18 heavy (non-hydrogen) atoms. The van der Waals surface area contributed by atoms with E-state index in [9.17, 15) is 4.79 Å². The Bertz CT molecular complexity index is 600. The highest BCUT2D eigenvalue weighted by Crippen LogP contribution is 2.16. The zero-order valence-corrected chi connectivity index (χ0v) is 10.3. The van der Waals surface area contributed by atoms with Gasteiger partial charge in [-0.3, -0.25) is 9.67 Å². The van der Waals surface area contributed by atoms with Gasteiger partial charge in [0, 0.05) is 13.2 Å². The summed E-state index contributed by atoms with van der Waals surface area (Å²) in [6.45, 7) is 0. The van der Waals surface area contributed by atoms with Crippen molar-refractivity contribution in [2.45, 2.75) is 0 Å². The molecule has 0 aromatic carbocycles. The fraction of sp³-hybridized carbons (Fsp3) is 0.0833. The molecule has 1 N–H and O–H groups in total. The maximum absolute atomic E-state index is 10.8. The molecule has 2 rings (SSSR count). The summed E-state index contributed by atoms with van der Waals surface area (Å²) < 4.78 is 1.62. The molecule has 5 nitrogen and oxygen atoms in total. The van der Waals surface area contributed by atoms with Crippen LogP contribution in [0.25, 0.3) is 12.2 Å². The minimum atomic E-state index is -0.981. The second kappa shape index (κ2) is 5.01. The zero-order chi connectivity index (χ0) is 13.1. The molecule has 0 fully saturated rings. The quantitative estimate of drug-likeness (QED) is 0.923. The first-order valence-corrected chi connectivity index (χ1v) is 5.50. The van der Waals surface area contributed by atoms with Gasteiger partial charge in [0.2, 0.25) is 0 Å². The molecule has 2 aromatic rings. The lowest BCUT2D eigenvalue weighted by Gasteiger charge is -1.97. The van der Waals surface area contributed by atoms with Crippen molar-refractivity contribution in [3.8, 4) is 0 Å². The van der Waals surface area contributed by atoms with E-state index in [4.69, 9.17) is 16.7 Å². The van der Waals surface area contributed by atoms with E-state index in [1.807, 2.05) is 0 Å². The normalized spacial score (nSPS) is 11.0. The number of rotatable bonds is 3. The van der Waals surface area contributed by atoms with Crippen LogP contribution in [0, 0.1) is 0 Å². The Balaban J connectivity index is 2.29. The average molecular weight is 264 g/mol. The molecular formula is C12H10ClN3O2. The Hall–Kier alpha value is -2.14. The van der Waals surface area contributed by atoms with E-state index in [-0.39, 0.29) is 5.56 Å². The van der Waals surface area contributed by atoms with Crippen LogP contribution in [0.3, 0.4) is 0 Å². The Morgan fingerprint density at radius 2 is 2.28 bits per heavy atom. The predicted octanol–water partition coefficient (Wildman–Crippen LogP) is 2.34. The summed E-state index contributed by atoms with van der Waals surface area (Å²) in [6, 6.07) is 2.93. The van der Waals surface area contributed by atoms with Crippen LogP contribution in [-0.4, -0.2) is 25.8 Å². The number of carbonyl (C=O) groups is 1. The summed E-state index contributed by atoms with van der Waals surface area (Å²) in [6.07, 6.45) is 6.43. The molecule has 0 aliphatic carbocycles. The third-order valence-corrected chi connectivity index (χ3v) is 2.67. The molecule has 0 atom stereocenters. The van der Waals surface area contributed by atoms with Crippen LogP contribution in [0.4, 0.5) is 0 Å². The summed E-state index contributed by atoms with van der Waals surface area (Å²) in [4.78, 5) is 14.9. The molecular weight excluding hydrogens is 254 g/mol. The molecule has 0 radical (unpaired) electrons. The average Bonchev–Trinajstić information content (AvgIpc) is 2.67. The fourth-order valence-corrected chi connectivity index (χ4v) is 1.67. The number of aromatic carboxylic acids is 1. The standard InChI is InChI=1S/C12H10ClN3O2/c1-16-11(10(13)7-15-16)3-2-9-6-8(12(17)18)4-5-14-9/h2-7H,1H3,(H,17,18)/b3-2+. The minimum Gasteiger partial charge on any atom is -0.478 e. The first kappa shape index (κ1) is 12.3. The first-order chi connectivity index (χ1) is 8.58. The van der Waals surface area contributed by atoms with Crippen LogP contribution in [0.5, 0.6) is 0 Å². The van der Waals surface area contributed by atoms with Crippen molar-refractivity contribution in [2.24, 2.45) is 7.05 Å². The van der Waals surface area contributed by atoms with Gasteiger partial charge in [0.15, 0.2) is 0 Å². The molecule has 0 spiro atoms. The minimum absolute atomic E-state index is 0.195. The van der Waals surface area contributed by atoms with Crippen molar-refractivity contribution in [3.05, 3.63) is 46.5 Å². The second-order valence-corrected chi connectivity index (χ2v) is 4.02. The maximum atomic E-state index is 10.8. The van der Waals surface area contributed by atoms with Crippen molar-refractivity contribution < 1.29 is 9.90 Å². The van der Waals surface area contributed by atoms with E-state index in [1.54, 1.807) is 30.1 Å². The topological polar surface area (TPSA) is 68.0 Å². The summed E-state index contributed by atoms with van der Waals surface area (Å²) in [5, 5.41) is 13.4. The van der Waals surface area contributed by atoms with Gasteiger partial charge in [-0.2, -0.15) is 5.10 Å². The molecule has 0 aliphatic rings. The molecule has 0 saturated carbocycles. The van der Waals surface area contributed by atoms with Gasteiger partial charge < -0.3 is 5.11 Å². The lowest BCUT2D eigenvalue weighted by Crippen LogP contribution is -1.97. The number of halogens is 1. The van der Waals surface area contributed by atoms with E-state index in [0.29, 0.717) is 10.7 Å². The fourth-order valence-electron chi connectivity index (χ4n) is 1.44. The van der Waals surface area contributed by atoms with E-state index in [1.165, 1.54) is 18.3 Å². The van der Waals surface area contributed by atoms with E-state index in [0.717, 1.165) is 5.69 Å². The number of aryl methyl sites for hydroxylation is 1. The monoisotopic (exact) mass is 263 g/mol. The van der Waals surface area contributed by atoms with Crippen molar-refractivity contribution in [3.63, 3.8) is 0 Å². The molecule has 0 amide bonds. The van der Waals surface area contributed by atoms with Crippen LogP contribution >= 0.6 is 11.6 Å². The number of carboxylic acid groups (broad SMARTS) is 1. The van der Waals surface area contributed by atoms with E-state index < -0.39 is 5.97 Å². The number of nitrogens with zero attached hydrogens (tertiary/aromatic N) is 3. The summed E-state index contributed by atoms with van der Waals surface area (Å²) >= 11 is 5.94. The van der Waals surface area contributed by atoms with Gasteiger partial charge in [0.05, 0.1) is 28.2 Å². The summed E-state index contributed by atoms with van der Waals surface area (Å²) in [5.74, 6) is -0.981. The SMILES string of the molecule is Cn1ncc(Cl)c1/C=C/c1cc(C(=O)O)ccn1. The molecule has 0 bridgehead atoms. The van der Waals surface area contributed by atoms with Gasteiger partial charge in [-0.05, 0) is 24.3 Å². The predicted molar refractivity (Wildman–Crippen MR) is 68.3 cm³/mol. The van der Waals surface area contributed by atoms with Crippen LogP contribution in [0.1, 0.15) is 21.7 Å². The van der Waals surface area contributed by atoms with Crippen LogP contribution in [-0.2, 0) is 7.05 Å². The highest BCUT2D eigenvalue weighted by atomic mass is 35.5. The molecule has 0 unspecified atom stereocenters. The Labute approximate surface area is 108 Å². The molecule has 92 valence electrons. The third kappa shape index (κ3) is 2.57. The summed E-state index contributed by atoms with van der Waals surface area (Å²) in [7, 11) is 1.77. The Kier molecular flexibility index (Phi) is 3.43. The van der Waals surface area contributed by atoms with Crippen molar-refractivity contribution in [1.82, 2.24) is 14.8 Å². The van der Waals surface area contributed by atoms with Crippen molar-refractivity contribution in [1.29, 1.82) is 0 Å². The van der Waals surface area contributed by atoms with E-state index >= 15 is 0 Å². The van der Waals surface area contributed by atoms with Gasteiger partial charge in [-0.15, -0.1) is 0 Å². The summed E-state index contributed by atoms with van der Waals surface area (Å²) in [5.41, 5.74) is 1.48. The molecule has 2 aromatic heterocycles. The largest absolute Gasteiger partial charge is 0.478 e. The first-order valence-electron chi connectivity index (χ1n) is 5.13. The number of hydrogen-bond donors (Lipinski definition) is 1. The zero-order valence-electron chi connectivity index (χ0n) is 9.54. The van der Waals surface area contributed by atoms with Gasteiger partial charge in [0.1, 0.15) is 0 Å². The van der Waals surface area contributed by atoms with Crippen LogP contribution in [0.2, 0.25) is 5.02 Å². The van der Waals surface area contributed by atoms with Gasteiger partial charge in [-0.1, -0.05) is 11.6 Å². The molecule has 2 heterocycles. The molecule has 0 saturated heterocycles. The molecule has 6 heteroatoms. The Morgan fingerprint density at radius 1 is 1.50 bits per heavy atom. The van der Waals surface area contributed by atoms with Crippen molar-refractivity contribution >= 4 is 29.7 Å². The van der Waals surface area contributed by atoms with Gasteiger partial charge in [-0.25, -0.2) is 4.79 Å². The van der Waals surface area contributed by atoms with Crippen molar-refractivity contribution in [2.75, 3.05) is 0 Å². The third-order valence-electron chi connectivity index (χ3n) is 2.38. The number of pyridine rings is 1. The number of aromatic nitrogens is 3. The lowest BCUT2D eigenvalue weighted by molar-refractivity contribution is 0.0696. The lowest BCUT2D eigenvalue weighted by atomic mass is 10.2. The highest BCUT2D eigenvalue weighted by Gasteiger charge is 2.04. The highest BCUT2D eigenvalue weighted by molar-refractivity contribution is 6.31. The van der Waals surface area contributed by atoms with Gasteiger partial charge >= 0.3 is 5.97 Å². The maximum Gasteiger partial charge on any atom is 0.335 e. The smallest absolute Gasteiger partial charge is 0.335 e. The molecule has 0 aliphatic heterocycles. The van der Waals surface area contributed by atoms with Crippen LogP contribution in [0.15, 0.2) is 24.5 Å². The van der Waals surface area contributed by atoms with Gasteiger partial charge in [0.25, 0.3) is 0 Å². The van der Waals surface area contributed by atoms with Crippen LogP contribution < -0.4 is 0 Å². The second-order valence-electron chi connectivity index (χ2n) is 3.61. The Morgan fingerprint density at radius 3 is 2.89 bits per heavy atom. The van der Waals surface area contributed by atoms with E-state index in [2.05, 4.69) is 10.1 Å².